The van der Waals surface area contributed by atoms with Gasteiger partial charge in [0.2, 0.25) is 5.91 Å². The molecule has 0 aliphatic rings. The molecule has 1 amide bonds. The fourth-order valence-electron chi connectivity index (χ4n) is 1.74. The molecule has 0 unspecified atom stereocenters. The highest BCUT2D eigenvalue weighted by molar-refractivity contribution is 6.31. The maximum absolute atomic E-state index is 12.0. The van der Waals surface area contributed by atoms with Crippen LogP contribution in [0.1, 0.15) is 32.3 Å². The molecule has 0 saturated heterocycles. The number of unbranched alkanes of at least 4 members (excludes halogenated alkanes) is 1. The molecular weight excluding hydrogens is 248 g/mol. The second-order valence-electron chi connectivity index (χ2n) is 4.49. The van der Waals surface area contributed by atoms with E-state index in [9.17, 15) is 4.79 Å². The van der Waals surface area contributed by atoms with Gasteiger partial charge in [-0.3, -0.25) is 4.79 Å². The van der Waals surface area contributed by atoms with Crippen LogP contribution in [-0.4, -0.2) is 23.4 Å². The lowest BCUT2D eigenvalue weighted by molar-refractivity contribution is -0.132. The van der Waals surface area contributed by atoms with Crippen molar-refractivity contribution in [2.75, 3.05) is 6.54 Å². The van der Waals surface area contributed by atoms with Crippen LogP contribution in [0.25, 0.3) is 0 Å². The molecular formula is C14H21ClN2O. The van der Waals surface area contributed by atoms with Crippen LogP contribution in [-0.2, 0) is 11.3 Å². The summed E-state index contributed by atoms with van der Waals surface area (Å²) in [6.07, 6.45) is 2.02. The molecule has 1 atom stereocenters. The highest BCUT2D eigenvalue weighted by atomic mass is 35.5. The minimum atomic E-state index is -0.468. The Bertz CT molecular complexity index is 393. The van der Waals surface area contributed by atoms with Gasteiger partial charge in [0.1, 0.15) is 0 Å². The number of hydrogen-bond acceptors (Lipinski definition) is 2. The average Bonchev–Trinajstić information content (AvgIpc) is 2.35. The van der Waals surface area contributed by atoms with Gasteiger partial charge in [-0.15, -0.1) is 0 Å². The van der Waals surface area contributed by atoms with Gasteiger partial charge < -0.3 is 10.6 Å². The molecule has 0 aromatic heterocycles. The molecule has 0 radical (unpaired) electrons. The monoisotopic (exact) mass is 268 g/mol. The van der Waals surface area contributed by atoms with Gasteiger partial charge in [0.15, 0.2) is 0 Å². The summed E-state index contributed by atoms with van der Waals surface area (Å²) in [7, 11) is 0. The third kappa shape index (κ3) is 4.31. The minimum absolute atomic E-state index is 0.0247. The van der Waals surface area contributed by atoms with Crippen LogP contribution in [0.3, 0.4) is 0 Å². The Morgan fingerprint density at radius 2 is 2.11 bits per heavy atom. The normalized spacial score (nSPS) is 12.2. The van der Waals surface area contributed by atoms with Crippen LogP contribution in [0, 0.1) is 0 Å². The number of nitrogens with two attached hydrogens (primary N) is 1. The average molecular weight is 269 g/mol. The molecule has 0 heterocycles. The molecule has 0 aliphatic heterocycles. The lowest BCUT2D eigenvalue weighted by Gasteiger charge is -2.25. The first-order chi connectivity index (χ1) is 8.56. The number of benzene rings is 1. The summed E-state index contributed by atoms with van der Waals surface area (Å²) in [4.78, 5) is 13.8. The summed E-state index contributed by atoms with van der Waals surface area (Å²) >= 11 is 6.12. The van der Waals surface area contributed by atoms with Crippen molar-refractivity contribution in [1.29, 1.82) is 0 Å². The topological polar surface area (TPSA) is 46.3 Å². The third-order valence-corrected chi connectivity index (χ3v) is 3.17. The quantitative estimate of drug-likeness (QED) is 0.862. The summed E-state index contributed by atoms with van der Waals surface area (Å²) in [6.45, 7) is 5.07. The first-order valence-corrected chi connectivity index (χ1v) is 6.71. The molecule has 0 bridgehead atoms. The Morgan fingerprint density at radius 3 is 2.67 bits per heavy atom. The van der Waals surface area contributed by atoms with Gasteiger partial charge in [-0.2, -0.15) is 0 Å². The first kappa shape index (κ1) is 15.0. The van der Waals surface area contributed by atoms with Gasteiger partial charge in [0.25, 0.3) is 0 Å². The number of carbonyl (C=O) groups is 1. The molecule has 4 heteroatoms. The molecule has 0 saturated carbocycles. The third-order valence-electron chi connectivity index (χ3n) is 2.80. The fraction of sp³-hybridized carbons (Fsp3) is 0.500. The number of rotatable bonds is 6. The van der Waals surface area contributed by atoms with Crippen molar-refractivity contribution in [3.8, 4) is 0 Å². The van der Waals surface area contributed by atoms with Crippen molar-refractivity contribution in [2.45, 2.75) is 39.3 Å². The zero-order chi connectivity index (χ0) is 13.5. The van der Waals surface area contributed by atoms with Gasteiger partial charge >= 0.3 is 0 Å². The van der Waals surface area contributed by atoms with Crippen molar-refractivity contribution in [3.63, 3.8) is 0 Å². The Hall–Kier alpha value is -1.06. The number of amides is 1. The van der Waals surface area contributed by atoms with E-state index >= 15 is 0 Å². The second-order valence-corrected chi connectivity index (χ2v) is 4.90. The van der Waals surface area contributed by atoms with E-state index in [1.807, 2.05) is 24.3 Å². The molecule has 0 aliphatic carbocycles. The number of hydrogen-bond donors (Lipinski definition) is 1. The number of nitrogens with zero attached hydrogens (tertiary/aromatic N) is 1. The van der Waals surface area contributed by atoms with Crippen molar-refractivity contribution in [3.05, 3.63) is 34.9 Å². The Labute approximate surface area is 114 Å². The molecule has 1 aromatic carbocycles. The van der Waals surface area contributed by atoms with E-state index in [2.05, 4.69) is 6.92 Å². The van der Waals surface area contributed by atoms with Gasteiger partial charge in [0.05, 0.1) is 6.04 Å². The van der Waals surface area contributed by atoms with Crippen LogP contribution in [0.2, 0.25) is 5.02 Å². The molecule has 3 nitrogen and oxygen atoms in total. The summed E-state index contributed by atoms with van der Waals surface area (Å²) < 4.78 is 0. The zero-order valence-corrected chi connectivity index (χ0v) is 11.8. The lowest BCUT2D eigenvalue weighted by Crippen LogP contribution is -2.42. The first-order valence-electron chi connectivity index (χ1n) is 6.34. The van der Waals surface area contributed by atoms with Crippen LogP contribution >= 0.6 is 11.6 Å². The summed E-state index contributed by atoms with van der Waals surface area (Å²) in [5, 5.41) is 0.691. The van der Waals surface area contributed by atoms with Crippen LogP contribution in [0.15, 0.2) is 24.3 Å². The van der Waals surface area contributed by atoms with E-state index in [4.69, 9.17) is 17.3 Å². The lowest BCUT2D eigenvalue weighted by atomic mass is 10.2. The van der Waals surface area contributed by atoms with Gasteiger partial charge in [0, 0.05) is 18.1 Å². The van der Waals surface area contributed by atoms with E-state index in [0.29, 0.717) is 11.6 Å². The van der Waals surface area contributed by atoms with Crippen molar-refractivity contribution in [2.24, 2.45) is 5.73 Å². The minimum Gasteiger partial charge on any atom is -0.337 e. The Morgan fingerprint density at radius 1 is 1.44 bits per heavy atom. The van der Waals surface area contributed by atoms with Gasteiger partial charge in [-0.1, -0.05) is 43.1 Å². The van der Waals surface area contributed by atoms with Crippen LogP contribution in [0.4, 0.5) is 0 Å². The van der Waals surface area contributed by atoms with Gasteiger partial charge in [-0.05, 0) is 25.0 Å². The van der Waals surface area contributed by atoms with E-state index in [0.717, 1.165) is 24.9 Å². The molecule has 18 heavy (non-hydrogen) atoms. The van der Waals surface area contributed by atoms with Crippen molar-refractivity contribution >= 4 is 17.5 Å². The van der Waals surface area contributed by atoms with E-state index < -0.39 is 6.04 Å². The molecule has 100 valence electrons. The summed E-state index contributed by atoms with van der Waals surface area (Å²) in [6, 6.07) is 7.12. The Kier molecular flexibility index (Phi) is 6.16. The highest BCUT2D eigenvalue weighted by Gasteiger charge is 2.17. The molecule has 1 rings (SSSR count). The highest BCUT2D eigenvalue weighted by Crippen LogP contribution is 2.17. The predicted octanol–water partition coefficient (Wildman–Crippen LogP) is 2.82. The standard InChI is InChI=1S/C14H21ClN2O/c1-3-4-9-17(14(18)11(2)16)10-12-7-5-6-8-13(12)15/h5-8,11H,3-4,9-10,16H2,1-2H3/t11-/m0/s1. The van der Waals surface area contributed by atoms with Gasteiger partial charge in [-0.25, -0.2) is 0 Å². The smallest absolute Gasteiger partial charge is 0.239 e. The van der Waals surface area contributed by atoms with Crippen molar-refractivity contribution in [1.82, 2.24) is 4.90 Å². The van der Waals surface area contributed by atoms with Crippen molar-refractivity contribution < 1.29 is 4.79 Å². The SMILES string of the molecule is CCCCN(Cc1ccccc1Cl)C(=O)[C@H](C)N. The fourth-order valence-corrected chi connectivity index (χ4v) is 1.93. The maximum atomic E-state index is 12.0. The molecule has 2 N–H and O–H groups in total. The zero-order valence-electron chi connectivity index (χ0n) is 11.0. The van der Waals surface area contributed by atoms with E-state index in [1.165, 1.54) is 0 Å². The second kappa shape index (κ2) is 7.39. The summed E-state index contributed by atoms with van der Waals surface area (Å²) in [5.41, 5.74) is 6.64. The van der Waals surface area contributed by atoms with E-state index in [-0.39, 0.29) is 5.91 Å². The Balaban J connectivity index is 2.78. The largest absolute Gasteiger partial charge is 0.337 e. The predicted molar refractivity (Wildman–Crippen MR) is 75.4 cm³/mol. The molecule has 0 spiro atoms. The number of carbonyl (C=O) groups excluding carboxylic acids is 1. The molecule has 1 aromatic rings. The van der Waals surface area contributed by atoms with E-state index in [1.54, 1.807) is 11.8 Å². The molecule has 0 fully saturated rings. The summed E-state index contributed by atoms with van der Waals surface area (Å²) in [5.74, 6) is -0.0247. The maximum Gasteiger partial charge on any atom is 0.239 e. The van der Waals surface area contributed by atoms with Crippen LogP contribution < -0.4 is 5.73 Å². The number of halogens is 1. The van der Waals surface area contributed by atoms with Crippen LogP contribution in [0.5, 0.6) is 0 Å².